The fourth-order valence-electron chi connectivity index (χ4n) is 3.02. The minimum Gasteiger partial charge on any atom is -0.871 e. The number of rotatable bonds is 7. The molecule has 0 atom stereocenters. The van der Waals surface area contributed by atoms with Gasteiger partial charge in [-0.25, -0.2) is 5.43 Å². The molecule has 7 nitrogen and oxygen atoms in total. The molecule has 0 aliphatic heterocycles. The molecule has 1 heterocycles. The standard InChI is InChI=1S/C23H16Br2ClN5O2S/c24-16-10-15(21(33)19(25)11-16)12-27-28-20(32)13-34-23-30-29-22(14-4-2-1-3-5-14)31(23)18-8-6-17(26)7-9-18/h1-12H,13H2,(H2,27,28,32,33). The van der Waals surface area contributed by atoms with Crippen LogP contribution in [0.15, 0.2) is 85.9 Å². The van der Waals surface area contributed by atoms with Crippen LogP contribution in [-0.2, 0) is 4.79 Å². The number of hydrogen-bond acceptors (Lipinski definition) is 5. The Bertz CT molecular complexity index is 1350. The zero-order valence-corrected chi connectivity index (χ0v) is 22.1. The van der Waals surface area contributed by atoms with Gasteiger partial charge < -0.3 is 5.11 Å². The van der Waals surface area contributed by atoms with Crippen molar-refractivity contribution in [1.29, 1.82) is 0 Å². The first kappa shape index (κ1) is 24.5. The Balaban J connectivity index is 1.50. The predicted molar refractivity (Wildman–Crippen MR) is 138 cm³/mol. The van der Waals surface area contributed by atoms with Gasteiger partial charge in [-0.15, -0.1) is 5.10 Å². The zero-order valence-electron chi connectivity index (χ0n) is 17.3. The molecule has 4 rings (SSSR count). The van der Waals surface area contributed by atoms with Crippen molar-refractivity contribution in [2.24, 2.45) is 5.10 Å². The van der Waals surface area contributed by atoms with Crippen LogP contribution in [0.3, 0.4) is 0 Å². The number of nitrogens with zero attached hydrogens (tertiary/aromatic N) is 3. The van der Waals surface area contributed by atoms with Crippen molar-refractivity contribution in [2.45, 2.75) is 5.16 Å². The second-order valence-electron chi connectivity index (χ2n) is 6.92. The number of hydrogen-bond donors (Lipinski definition) is 2. The van der Waals surface area contributed by atoms with Crippen LogP contribution in [0.25, 0.3) is 17.1 Å². The van der Waals surface area contributed by atoms with Crippen molar-refractivity contribution in [1.82, 2.24) is 15.6 Å². The van der Waals surface area contributed by atoms with E-state index in [1.54, 1.807) is 24.3 Å². The van der Waals surface area contributed by atoms with Crippen molar-refractivity contribution < 1.29 is 14.5 Å². The van der Waals surface area contributed by atoms with Gasteiger partial charge in [-0.05, 0) is 65.9 Å². The summed E-state index contributed by atoms with van der Waals surface area (Å²) in [5, 5.41) is 24.7. The maximum Gasteiger partial charge on any atom is 0.342 e. The largest absolute Gasteiger partial charge is 0.871 e. The topological polar surface area (TPSA) is 97.1 Å². The molecule has 0 saturated heterocycles. The highest BCUT2D eigenvalue weighted by atomic mass is 79.9. The van der Waals surface area contributed by atoms with Crippen LogP contribution in [0.5, 0.6) is 5.75 Å². The van der Waals surface area contributed by atoms with Crippen molar-refractivity contribution in [3.05, 3.63) is 86.3 Å². The molecule has 0 aliphatic carbocycles. The minimum atomic E-state index is -0.338. The van der Waals surface area contributed by atoms with Crippen LogP contribution in [0, 0.1) is 0 Å². The number of aromatic amines is 1. The molecule has 172 valence electrons. The van der Waals surface area contributed by atoms with E-state index in [0.29, 0.717) is 20.2 Å². The van der Waals surface area contributed by atoms with Crippen molar-refractivity contribution in [2.75, 3.05) is 5.75 Å². The van der Waals surface area contributed by atoms with Gasteiger partial charge in [-0.3, -0.25) is 4.79 Å². The molecule has 0 unspecified atom stereocenters. The molecule has 0 fully saturated rings. The van der Waals surface area contributed by atoms with Gasteiger partial charge in [0.05, 0.1) is 22.6 Å². The number of nitrogens with one attached hydrogen (secondary N) is 2. The van der Waals surface area contributed by atoms with E-state index < -0.39 is 0 Å². The maximum atomic E-state index is 12.4. The molecular formula is C23H16Br2ClN5O2S. The summed E-state index contributed by atoms with van der Waals surface area (Å²) in [7, 11) is 0. The van der Waals surface area contributed by atoms with E-state index in [9.17, 15) is 9.90 Å². The summed E-state index contributed by atoms with van der Waals surface area (Å²) >= 11 is 13.8. The molecule has 1 amide bonds. The fraction of sp³-hybridized carbons (Fsp3) is 0.0435. The molecule has 0 saturated carbocycles. The third-order valence-corrected chi connectivity index (χ3v) is 6.80. The molecule has 1 aromatic heterocycles. The zero-order chi connectivity index (χ0) is 24.1. The summed E-state index contributed by atoms with van der Waals surface area (Å²) in [5.74, 6) is 0.280. The Labute approximate surface area is 221 Å². The minimum absolute atomic E-state index is 0.0659. The first-order valence-corrected chi connectivity index (χ1v) is 12.8. The number of aromatic nitrogens is 3. The number of carbonyl (C=O) groups is 1. The summed E-state index contributed by atoms with van der Waals surface area (Å²) in [6.45, 7) is 0. The lowest BCUT2D eigenvalue weighted by atomic mass is 10.2. The fourth-order valence-corrected chi connectivity index (χ4v) is 5.17. The van der Waals surface area contributed by atoms with Crippen LogP contribution in [0.4, 0.5) is 0 Å². The Kier molecular flexibility index (Phi) is 8.04. The molecule has 0 radical (unpaired) electrons. The highest BCUT2D eigenvalue weighted by Gasteiger charge is 2.24. The molecule has 0 aliphatic rings. The van der Waals surface area contributed by atoms with E-state index in [2.05, 4.69) is 52.6 Å². The SMILES string of the molecule is O=C(CSc1n[nH]c(-c2ccccc2)[n+]1-c1ccc(Cl)cc1)NN=Cc1cc(Br)cc(Br)c1[O-]. The molecule has 3 aromatic carbocycles. The smallest absolute Gasteiger partial charge is 0.342 e. The van der Waals surface area contributed by atoms with E-state index in [1.165, 1.54) is 18.0 Å². The van der Waals surface area contributed by atoms with E-state index in [-0.39, 0.29) is 17.4 Å². The van der Waals surface area contributed by atoms with Gasteiger partial charge in [-0.1, -0.05) is 67.4 Å². The monoisotopic (exact) mass is 619 g/mol. The van der Waals surface area contributed by atoms with Gasteiger partial charge >= 0.3 is 5.16 Å². The molecule has 4 aromatic rings. The molecule has 2 N–H and O–H groups in total. The average molecular weight is 622 g/mol. The van der Waals surface area contributed by atoms with Crippen molar-refractivity contribution >= 4 is 67.3 Å². The van der Waals surface area contributed by atoms with Gasteiger partial charge in [0, 0.05) is 14.0 Å². The third-order valence-electron chi connectivity index (χ3n) is 4.57. The van der Waals surface area contributed by atoms with Crippen LogP contribution >= 0.6 is 55.2 Å². The number of carbonyl (C=O) groups excluding carboxylic acids is 1. The van der Waals surface area contributed by atoms with E-state index in [1.807, 2.05) is 47.0 Å². The van der Waals surface area contributed by atoms with Crippen molar-refractivity contribution in [3.8, 4) is 22.8 Å². The second-order valence-corrected chi connectivity index (χ2v) is 10.1. The molecule has 11 heteroatoms. The van der Waals surface area contributed by atoms with Gasteiger partial charge in [-0.2, -0.15) is 9.67 Å². The van der Waals surface area contributed by atoms with Crippen molar-refractivity contribution in [3.63, 3.8) is 0 Å². The number of H-pyrrole nitrogens is 1. The lowest BCUT2D eigenvalue weighted by molar-refractivity contribution is -0.625. The first-order valence-electron chi connectivity index (χ1n) is 9.85. The summed E-state index contributed by atoms with van der Waals surface area (Å²) < 4.78 is 3.06. The molecule has 34 heavy (non-hydrogen) atoms. The van der Waals surface area contributed by atoms with Crippen LogP contribution in [-0.4, -0.2) is 28.1 Å². The molecule has 0 spiro atoms. The molecular weight excluding hydrogens is 606 g/mol. The molecule has 0 bridgehead atoms. The highest BCUT2D eigenvalue weighted by molar-refractivity contribution is 9.11. The quantitative estimate of drug-likeness (QED) is 0.134. The summed E-state index contributed by atoms with van der Waals surface area (Å²) in [6, 6.07) is 20.4. The van der Waals surface area contributed by atoms with Gasteiger partial charge in [0.25, 0.3) is 11.7 Å². The predicted octanol–water partition coefficient (Wildman–Crippen LogP) is 4.85. The van der Waals surface area contributed by atoms with E-state index in [4.69, 9.17) is 11.6 Å². The number of hydrazone groups is 1. The Hall–Kier alpha value is -2.66. The lowest BCUT2D eigenvalue weighted by Gasteiger charge is -2.12. The second kappa shape index (κ2) is 11.2. The average Bonchev–Trinajstić information content (AvgIpc) is 3.26. The Morgan fingerprint density at radius 1 is 1.18 bits per heavy atom. The number of halogens is 3. The third kappa shape index (κ3) is 5.87. The summed E-state index contributed by atoms with van der Waals surface area (Å²) in [5.41, 5.74) is 4.58. The van der Waals surface area contributed by atoms with E-state index in [0.717, 1.165) is 21.5 Å². The summed E-state index contributed by atoms with van der Waals surface area (Å²) in [4.78, 5) is 12.4. The Morgan fingerprint density at radius 3 is 2.65 bits per heavy atom. The number of amides is 1. The van der Waals surface area contributed by atoms with E-state index >= 15 is 0 Å². The normalized spacial score (nSPS) is 11.1. The van der Waals surface area contributed by atoms with Gasteiger partial charge in [0.1, 0.15) is 5.69 Å². The highest BCUT2D eigenvalue weighted by Crippen LogP contribution is 2.28. The van der Waals surface area contributed by atoms with Crippen LogP contribution < -0.4 is 15.1 Å². The number of benzene rings is 3. The van der Waals surface area contributed by atoms with Crippen LogP contribution in [0.2, 0.25) is 5.02 Å². The lowest BCUT2D eigenvalue weighted by Crippen LogP contribution is -2.34. The Morgan fingerprint density at radius 2 is 1.91 bits per heavy atom. The van der Waals surface area contributed by atoms with Gasteiger partial charge in [0.15, 0.2) is 0 Å². The maximum absolute atomic E-state index is 12.4. The summed E-state index contributed by atoms with van der Waals surface area (Å²) in [6.07, 6.45) is 1.32. The number of thioether (sulfide) groups is 1. The van der Waals surface area contributed by atoms with Gasteiger partial charge in [0.2, 0.25) is 0 Å². The van der Waals surface area contributed by atoms with Crippen LogP contribution in [0.1, 0.15) is 5.56 Å². The first-order chi connectivity index (χ1) is 16.4.